The molecule has 1 amide bonds. The van der Waals surface area contributed by atoms with Gasteiger partial charge in [-0.05, 0) is 63.4 Å². The fourth-order valence-corrected chi connectivity index (χ4v) is 5.63. The Morgan fingerprint density at radius 1 is 1.08 bits per heavy atom. The molecule has 0 saturated carbocycles. The van der Waals surface area contributed by atoms with E-state index in [0.29, 0.717) is 24.4 Å². The number of aliphatic hydroxyl groups excluding tert-OH is 1. The first-order valence-electron chi connectivity index (χ1n) is 13.2. The summed E-state index contributed by atoms with van der Waals surface area (Å²) in [4.78, 5) is 19.9. The number of amides is 1. The smallest absolute Gasteiger partial charge is 0.257 e. The van der Waals surface area contributed by atoms with Crippen LogP contribution < -0.4 is 9.47 Å². The molecule has 3 heterocycles. The molecule has 1 atom stereocenters. The molecule has 3 aliphatic rings. The van der Waals surface area contributed by atoms with Crippen molar-refractivity contribution in [3.8, 4) is 11.5 Å². The molecule has 1 unspecified atom stereocenters. The number of fused-ring (bicyclic) bond motifs is 2. The molecule has 2 aromatic carbocycles. The molecule has 1 fully saturated rings. The predicted molar refractivity (Wildman–Crippen MR) is 140 cm³/mol. The van der Waals surface area contributed by atoms with Gasteiger partial charge >= 0.3 is 0 Å². The maximum Gasteiger partial charge on any atom is 0.257 e. The number of ether oxygens (including phenoxy) is 2. The fraction of sp³-hybridized carbons (Fsp3) is 0.552. The van der Waals surface area contributed by atoms with E-state index in [9.17, 15) is 9.90 Å². The van der Waals surface area contributed by atoms with E-state index < -0.39 is 11.7 Å². The van der Waals surface area contributed by atoms with Gasteiger partial charge in [-0.1, -0.05) is 24.3 Å². The minimum atomic E-state index is -0.636. The van der Waals surface area contributed by atoms with Crippen LogP contribution in [0.3, 0.4) is 0 Å². The number of likely N-dealkylation sites (tertiary alicyclic amines) is 1. The normalized spacial score (nSPS) is 21.8. The van der Waals surface area contributed by atoms with Crippen LogP contribution in [0, 0.1) is 0 Å². The van der Waals surface area contributed by atoms with E-state index >= 15 is 0 Å². The van der Waals surface area contributed by atoms with Gasteiger partial charge < -0.3 is 24.4 Å². The summed E-state index contributed by atoms with van der Waals surface area (Å²) < 4.78 is 12.6. The van der Waals surface area contributed by atoms with Crippen LogP contribution >= 0.6 is 0 Å². The first-order chi connectivity index (χ1) is 17.3. The van der Waals surface area contributed by atoms with Crippen LogP contribution in [0.15, 0.2) is 42.5 Å². The maximum absolute atomic E-state index is 13.5. The molecule has 7 heteroatoms. The zero-order chi connectivity index (χ0) is 25.3. The maximum atomic E-state index is 13.5. The number of piperidine rings is 1. The topological polar surface area (TPSA) is 65.5 Å². The number of hydrogen-bond donors (Lipinski definition) is 1. The third-order valence-electron chi connectivity index (χ3n) is 7.51. The number of hydrogen-bond acceptors (Lipinski definition) is 6. The monoisotopic (exact) mass is 493 g/mol. The van der Waals surface area contributed by atoms with Gasteiger partial charge in [-0.25, -0.2) is 0 Å². The SMILES string of the molecule is CN1CCC(Oc2ccc3c(c2)OC(C)(C)CN(CC(O)CN2CCc4ccccc4C2)C3=O)CC1. The van der Waals surface area contributed by atoms with E-state index in [4.69, 9.17) is 9.47 Å². The highest BCUT2D eigenvalue weighted by molar-refractivity contribution is 5.97. The van der Waals surface area contributed by atoms with Crippen molar-refractivity contribution in [2.75, 3.05) is 46.3 Å². The third kappa shape index (κ3) is 5.85. The van der Waals surface area contributed by atoms with Gasteiger partial charge in [0.05, 0.1) is 18.2 Å². The Labute approximate surface area is 214 Å². The molecule has 0 bridgehead atoms. The second-order valence-electron chi connectivity index (χ2n) is 11.2. The number of rotatable bonds is 6. The number of carbonyl (C=O) groups excluding carboxylic acids is 1. The van der Waals surface area contributed by atoms with Crippen LogP contribution in [0.25, 0.3) is 0 Å². The van der Waals surface area contributed by atoms with Gasteiger partial charge in [0, 0.05) is 45.3 Å². The van der Waals surface area contributed by atoms with Crippen LogP contribution in [0.4, 0.5) is 0 Å². The largest absolute Gasteiger partial charge is 0.490 e. The van der Waals surface area contributed by atoms with Gasteiger partial charge in [0.1, 0.15) is 23.2 Å². The van der Waals surface area contributed by atoms with E-state index in [0.717, 1.165) is 51.2 Å². The molecule has 1 saturated heterocycles. The Morgan fingerprint density at radius 2 is 1.83 bits per heavy atom. The Balaban J connectivity index is 1.25. The first-order valence-corrected chi connectivity index (χ1v) is 13.2. The molecule has 5 rings (SSSR count). The van der Waals surface area contributed by atoms with Crippen molar-refractivity contribution in [1.82, 2.24) is 14.7 Å². The molecular weight excluding hydrogens is 454 g/mol. The van der Waals surface area contributed by atoms with Crippen molar-refractivity contribution in [3.05, 3.63) is 59.2 Å². The van der Waals surface area contributed by atoms with Crippen molar-refractivity contribution in [2.24, 2.45) is 0 Å². The van der Waals surface area contributed by atoms with Crippen molar-refractivity contribution < 1.29 is 19.4 Å². The molecule has 7 nitrogen and oxygen atoms in total. The lowest BCUT2D eigenvalue weighted by atomic mass is 9.99. The highest BCUT2D eigenvalue weighted by Gasteiger charge is 2.35. The summed E-state index contributed by atoms with van der Waals surface area (Å²) in [5.41, 5.74) is 2.65. The summed E-state index contributed by atoms with van der Waals surface area (Å²) in [6.45, 7) is 9.00. The highest BCUT2D eigenvalue weighted by Crippen LogP contribution is 2.34. The zero-order valence-electron chi connectivity index (χ0n) is 21.8. The molecular formula is C29H39N3O4. The van der Waals surface area contributed by atoms with Gasteiger partial charge in [0.15, 0.2) is 0 Å². The van der Waals surface area contributed by atoms with Gasteiger partial charge in [0.2, 0.25) is 0 Å². The van der Waals surface area contributed by atoms with Crippen molar-refractivity contribution in [3.63, 3.8) is 0 Å². The standard InChI is InChI=1S/C29H39N3O4/c1-29(2)20-32(19-23(33)18-31-15-10-21-6-4-5-7-22(21)17-31)28(34)26-9-8-25(16-27(26)36-29)35-24-11-13-30(3)14-12-24/h4-9,16,23-24,33H,10-15,17-20H2,1-3H3. The highest BCUT2D eigenvalue weighted by atomic mass is 16.5. The lowest BCUT2D eigenvalue weighted by Gasteiger charge is -2.33. The van der Waals surface area contributed by atoms with Crippen LogP contribution in [0.1, 0.15) is 48.2 Å². The molecule has 194 valence electrons. The van der Waals surface area contributed by atoms with E-state index in [1.54, 1.807) is 4.90 Å². The third-order valence-corrected chi connectivity index (χ3v) is 7.51. The molecule has 2 aromatic rings. The average molecular weight is 494 g/mol. The minimum Gasteiger partial charge on any atom is -0.490 e. The summed E-state index contributed by atoms with van der Waals surface area (Å²) >= 11 is 0. The zero-order valence-corrected chi connectivity index (χ0v) is 21.8. The van der Waals surface area contributed by atoms with Gasteiger partial charge in [-0.15, -0.1) is 0 Å². The number of nitrogens with zero attached hydrogens (tertiary/aromatic N) is 3. The summed E-state index contributed by atoms with van der Waals surface area (Å²) in [7, 11) is 2.13. The number of benzene rings is 2. The van der Waals surface area contributed by atoms with Crippen LogP contribution in [-0.4, -0.2) is 89.8 Å². The molecule has 0 radical (unpaired) electrons. The Hall–Kier alpha value is -2.61. The Morgan fingerprint density at radius 3 is 2.61 bits per heavy atom. The predicted octanol–water partition coefficient (Wildman–Crippen LogP) is 3.19. The Bertz CT molecular complexity index is 1080. The van der Waals surface area contributed by atoms with Crippen molar-refractivity contribution >= 4 is 5.91 Å². The summed E-state index contributed by atoms with van der Waals surface area (Å²) in [5.74, 6) is 1.19. The number of carbonyl (C=O) groups is 1. The summed E-state index contributed by atoms with van der Waals surface area (Å²) in [6.07, 6.45) is 2.52. The van der Waals surface area contributed by atoms with E-state index in [2.05, 4.69) is 41.1 Å². The quantitative estimate of drug-likeness (QED) is 0.667. The lowest BCUT2D eigenvalue weighted by Crippen LogP contribution is -2.48. The average Bonchev–Trinajstić information content (AvgIpc) is 2.93. The molecule has 0 aliphatic carbocycles. The minimum absolute atomic E-state index is 0.107. The van der Waals surface area contributed by atoms with Gasteiger partial charge in [-0.3, -0.25) is 9.69 Å². The van der Waals surface area contributed by atoms with Crippen molar-refractivity contribution in [1.29, 1.82) is 0 Å². The number of β-amino-alcohol motifs (C(OH)–C–C–N with tert-alkyl or cyclic N) is 1. The molecule has 36 heavy (non-hydrogen) atoms. The molecule has 3 aliphatic heterocycles. The lowest BCUT2D eigenvalue weighted by molar-refractivity contribution is 0.0286. The molecule has 0 spiro atoms. The molecule has 1 N–H and O–H groups in total. The second-order valence-corrected chi connectivity index (χ2v) is 11.2. The first kappa shape index (κ1) is 25.1. The summed E-state index contributed by atoms with van der Waals surface area (Å²) in [5, 5.41) is 11.0. The van der Waals surface area contributed by atoms with Crippen molar-refractivity contribution in [2.45, 2.75) is 57.5 Å². The van der Waals surface area contributed by atoms with Gasteiger partial charge in [0.25, 0.3) is 5.91 Å². The second kappa shape index (κ2) is 10.4. The van der Waals surface area contributed by atoms with Crippen LogP contribution in [0.2, 0.25) is 0 Å². The molecule has 0 aromatic heterocycles. The van der Waals surface area contributed by atoms with Crippen LogP contribution in [0.5, 0.6) is 11.5 Å². The number of aliphatic hydroxyl groups is 1. The van der Waals surface area contributed by atoms with Crippen LogP contribution in [-0.2, 0) is 13.0 Å². The van der Waals surface area contributed by atoms with E-state index in [-0.39, 0.29) is 18.6 Å². The van der Waals surface area contributed by atoms with E-state index in [1.807, 2.05) is 32.0 Å². The summed E-state index contributed by atoms with van der Waals surface area (Å²) in [6, 6.07) is 14.0. The van der Waals surface area contributed by atoms with E-state index in [1.165, 1.54) is 11.1 Å². The van der Waals surface area contributed by atoms with Gasteiger partial charge in [-0.2, -0.15) is 0 Å². The fourth-order valence-electron chi connectivity index (χ4n) is 5.63. The Kier molecular flexibility index (Phi) is 7.24.